The third-order valence-corrected chi connectivity index (χ3v) is 2.69. The van der Waals surface area contributed by atoms with E-state index < -0.39 is 0 Å². The second kappa shape index (κ2) is 8.87. The van der Waals surface area contributed by atoms with Gasteiger partial charge in [0, 0.05) is 31.5 Å². The van der Waals surface area contributed by atoms with Crippen molar-refractivity contribution in [3.8, 4) is 0 Å². The van der Waals surface area contributed by atoms with Crippen LogP contribution in [-0.2, 0) is 14.3 Å². The lowest BCUT2D eigenvalue weighted by atomic mass is 10.3. The molecule has 0 radical (unpaired) electrons. The number of carbonyl (C=O) groups is 1. The number of hydrogen-bond acceptors (Lipinski definition) is 4. The normalized spacial score (nSPS) is 12.2. The first-order valence-corrected chi connectivity index (χ1v) is 6.31. The van der Waals surface area contributed by atoms with Crippen molar-refractivity contribution in [3.05, 3.63) is 29.3 Å². The predicted octanol–water partition coefficient (Wildman–Crippen LogP) is 1.53. The summed E-state index contributed by atoms with van der Waals surface area (Å²) in [7, 11) is 3.22. The number of methoxy groups -OCH3 is 2. The van der Waals surface area contributed by atoms with Crippen molar-refractivity contribution in [2.75, 3.05) is 39.2 Å². The SMILES string of the molecule is COCC(CNCC(=O)Nc1cccc(Cl)c1)OC. The molecule has 0 heterocycles. The van der Waals surface area contributed by atoms with E-state index in [1.807, 2.05) is 0 Å². The number of carbonyl (C=O) groups excluding carboxylic acids is 1. The predicted molar refractivity (Wildman–Crippen MR) is 75.6 cm³/mol. The molecule has 1 rings (SSSR count). The van der Waals surface area contributed by atoms with E-state index in [4.69, 9.17) is 21.1 Å². The summed E-state index contributed by atoms with van der Waals surface area (Å²) in [6, 6.07) is 7.02. The first-order chi connectivity index (χ1) is 9.15. The molecule has 0 saturated heterocycles. The molecule has 106 valence electrons. The Morgan fingerprint density at radius 3 is 2.84 bits per heavy atom. The van der Waals surface area contributed by atoms with Gasteiger partial charge in [-0.15, -0.1) is 0 Å². The van der Waals surface area contributed by atoms with Crippen molar-refractivity contribution in [1.29, 1.82) is 0 Å². The van der Waals surface area contributed by atoms with Gasteiger partial charge in [0.25, 0.3) is 0 Å². The van der Waals surface area contributed by atoms with Crippen molar-refractivity contribution in [2.24, 2.45) is 0 Å². The van der Waals surface area contributed by atoms with Crippen LogP contribution in [0.25, 0.3) is 0 Å². The highest BCUT2D eigenvalue weighted by Gasteiger charge is 2.08. The average Bonchev–Trinajstić information content (AvgIpc) is 2.37. The highest BCUT2D eigenvalue weighted by Crippen LogP contribution is 2.14. The van der Waals surface area contributed by atoms with Crippen LogP contribution >= 0.6 is 11.6 Å². The summed E-state index contributed by atoms with van der Waals surface area (Å²) in [5.41, 5.74) is 0.680. The summed E-state index contributed by atoms with van der Waals surface area (Å²) in [6.45, 7) is 1.24. The zero-order chi connectivity index (χ0) is 14.1. The number of benzene rings is 1. The van der Waals surface area contributed by atoms with Gasteiger partial charge < -0.3 is 20.1 Å². The van der Waals surface area contributed by atoms with Crippen molar-refractivity contribution in [2.45, 2.75) is 6.10 Å². The molecule has 0 aliphatic carbocycles. The van der Waals surface area contributed by atoms with Crippen molar-refractivity contribution in [1.82, 2.24) is 5.32 Å². The van der Waals surface area contributed by atoms with Crippen molar-refractivity contribution in [3.63, 3.8) is 0 Å². The third kappa shape index (κ3) is 6.54. The maximum atomic E-state index is 11.7. The lowest BCUT2D eigenvalue weighted by molar-refractivity contribution is -0.115. The van der Waals surface area contributed by atoms with Gasteiger partial charge in [-0.1, -0.05) is 17.7 Å². The number of ether oxygens (including phenoxy) is 2. The monoisotopic (exact) mass is 286 g/mol. The van der Waals surface area contributed by atoms with E-state index in [1.165, 1.54) is 0 Å². The molecule has 1 atom stereocenters. The smallest absolute Gasteiger partial charge is 0.238 e. The Hall–Kier alpha value is -1.14. The van der Waals surface area contributed by atoms with Gasteiger partial charge in [-0.2, -0.15) is 0 Å². The van der Waals surface area contributed by atoms with E-state index in [0.29, 0.717) is 23.9 Å². The Bertz CT molecular complexity index is 401. The number of anilines is 1. The fraction of sp³-hybridized carbons (Fsp3) is 0.462. The molecule has 0 aliphatic heterocycles. The number of amides is 1. The van der Waals surface area contributed by atoms with Gasteiger partial charge in [0.05, 0.1) is 19.3 Å². The van der Waals surface area contributed by atoms with Crippen LogP contribution in [0.1, 0.15) is 0 Å². The Labute approximate surface area is 118 Å². The Balaban J connectivity index is 2.28. The molecule has 1 aromatic carbocycles. The molecule has 0 bridgehead atoms. The van der Waals surface area contributed by atoms with Gasteiger partial charge in [0.1, 0.15) is 0 Å². The van der Waals surface area contributed by atoms with Gasteiger partial charge >= 0.3 is 0 Å². The largest absolute Gasteiger partial charge is 0.382 e. The first-order valence-electron chi connectivity index (χ1n) is 5.93. The second-order valence-electron chi connectivity index (χ2n) is 4.00. The molecule has 5 nitrogen and oxygen atoms in total. The number of nitrogens with one attached hydrogen (secondary N) is 2. The maximum absolute atomic E-state index is 11.7. The van der Waals surface area contributed by atoms with E-state index in [0.717, 1.165) is 0 Å². The number of halogens is 1. The summed E-state index contributed by atoms with van der Waals surface area (Å²) >= 11 is 5.83. The van der Waals surface area contributed by atoms with E-state index in [9.17, 15) is 4.79 Å². The molecule has 0 aromatic heterocycles. The molecule has 0 aliphatic rings. The molecule has 6 heteroatoms. The van der Waals surface area contributed by atoms with E-state index in [2.05, 4.69) is 10.6 Å². The minimum absolute atomic E-state index is 0.0658. The zero-order valence-corrected chi connectivity index (χ0v) is 11.9. The molecular formula is C13H19ClN2O3. The van der Waals surface area contributed by atoms with Gasteiger partial charge in [0.2, 0.25) is 5.91 Å². The number of hydrogen-bond donors (Lipinski definition) is 2. The minimum Gasteiger partial charge on any atom is -0.382 e. The van der Waals surface area contributed by atoms with Gasteiger partial charge in [-0.25, -0.2) is 0 Å². The maximum Gasteiger partial charge on any atom is 0.238 e. The van der Waals surface area contributed by atoms with E-state index >= 15 is 0 Å². The minimum atomic E-state index is -0.130. The van der Waals surface area contributed by atoms with Gasteiger partial charge in [0.15, 0.2) is 0 Å². The summed E-state index contributed by atoms with van der Waals surface area (Å²) in [5.74, 6) is -0.130. The lowest BCUT2D eigenvalue weighted by Gasteiger charge is -2.14. The van der Waals surface area contributed by atoms with E-state index in [-0.39, 0.29) is 18.6 Å². The van der Waals surface area contributed by atoms with Gasteiger partial charge in [-0.05, 0) is 18.2 Å². The van der Waals surface area contributed by atoms with Crippen LogP contribution in [-0.4, -0.2) is 45.9 Å². The highest BCUT2D eigenvalue weighted by atomic mass is 35.5. The van der Waals surface area contributed by atoms with Crippen LogP contribution in [0, 0.1) is 0 Å². The molecular weight excluding hydrogens is 268 g/mol. The molecule has 0 spiro atoms. The lowest BCUT2D eigenvalue weighted by Crippen LogP contribution is -2.36. The van der Waals surface area contributed by atoms with Crippen LogP contribution in [0.4, 0.5) is 5.69 Å². The summed E-state index contributed by atoms with van der Waals surface area (Å²) in [4.78, 5) is 11.7. The Kier molecular flexibility index (Phi) is 7.43. The Morgan fingerprint density at radius 2 is 2.21 bits per heavy atom. The highest BCUT2D eigenvalue weighted by molar-refractivity contribution is 6.30. The standard InChI is InChI=1S/C13H19ClN2O3/c1-18-9-12(19-2)7-15-8-13(17)16-11-5-3-4-10(14)6-11/h3-6,12,15H,7-9H2,1-2H3,(H,16,17). The summed E-state index contributed by atoms with van der Waals surface area (Å²) in [5, 5.41) is 6.34. The summed E-state index contributed by atoms with van der Waals surface area (Å²) < 4.78 is 10.2. The molecule has 0 fully saturated rings. The molecule has 2 N–H and O–H groups in total. The van der Waals surface area contributed by atoms with Crippen LogP contribution in [0.5, 0.6) is 0 Å². The molecule has 0 saturated carbocycles. The number of rotatable bonds is 8. The van der Waals surface area contributed by atoms with Crippen molar-refractivity contribution < 1.29 is 14.3 Å². The topological polar surface area (TPSA) is 59.6 Å². The average molecular weight is 287 g/mol. The van der Waals surface area contributed by atoms with Crippen LogP contribution in [0.2, 0.25) is 5.02 Å². The summed E-state index contributed by atoms with van der Waals surface area (Å²) in [6.07, 6.45) is -0.0658. The van der Waals surface area contributed by atoms with E-state index in [1.54, 1.807) is 38.5 Å². The second-order valence-corrected chi connectivity index (χ2v) is 4.44. The van der Waals surface area contributed by atoms with Crippen LogP contribution in [0.3, 0.4) is 0 Å². The molecule has 1 amide bonds. The molecule has 1 unspecified atom stereocenters. The zero-order valence-electron chi connectivity index (χ0n) is 11.1. The fourth-order valence-corrected chi connectivity index (χ4v) is 1.70. The molecule has 19 heavy (non-hydrogen) atoms. The Morgan fingerprint density at radius 1 is 1.42 bits per heavy atom. The van der Waals surface area contributed by atoms with Crippen molar-refractivity contribution >= 4 is 23.2 Å². The van der Waals surface area contributed by atoms with Gasteiger partial charge in [-0.3, -0.25) is 4.79 Å². The quantitative estimate of drug-likeness (QED) is 0.761. The molecule has 1 aromatic rings. The van der Waals surface area contributed by atoms with Crippen LogP contribution < -0.4 is 10.6 Å². The third-order valence-electron chi connectivity index (χ3n) is 2.45. The fourth-order valence-electron chi connectivity index (χ4n) is 1.51. The first kappa shape index (κ1) is 15.9. The van der Waals surface area contributed by atoms with Crippen LogP contribution in [0.15, 0.2) is 24.3 Å².